The van der Waals surface area contributed by atoms with Crippen LogP contribution in [0.5, 0.6) is 0 Å². The molecule has 0 spiro atoms. The van der Waals surface area contributed by atoms with E-state index in [1.807, 2.05) is 31.2 Å². The smallest absolute Gasteiger partial charge is 0.308 e. The predicted molar refractivity (Wildman–Crippen MR) is 86.3 cm³/mol. The molecule has 1 aromatic carbocycles. The van der Waals surface area contributed by atoms with Crippen molar-refractivity contribution in [3.8, 4) is 0 Å². The Kier molecular flexibility index (Phi) is 5.16. The van der Waals surface area contributed by atoms with Gasteiger partial charge in [0.25, 0.3) is 5.91 Å². The van der Waals surface area contributed by atoms with Gasteiger partial charge in [0.15, 0.2) is 0 Å². The molecule has 2 aromatic rings. The summed E-state index contributed by atoms with van der Waals surface area (Å²) >= 11 is 0. The van der Waals surface area contributed by atoms with Crippen LogP contribution in [0.3, 0.4) is 0 Å². The van der Waals surface area contributed by atoms with Crippen molar-refractivity contribution in [3.63, 3.8) is 0 Å². The molecular weight excluding hydrogens is 294 g/mol. The second-order valence-electron chi connectivity index (χ2n) is 5.70. The average Bonchev–Trinajstić information content (AvgIpc) is 2.84. The van der Waals surface area contributed by atoms with Crippen molar-refractivity contribution < 1.29 is 14.7 Å². The Morgan fingerprint density at radius 2 is 1.91 bits per heavy atom. The molecule has 1 atom stereocenters. The minimum Gasteiger partial charge on any atom is -0.481 e. The Bertz CT molecular complexity index is 704. The fourth-order valence-corrected chi connectivity index (χ4v) is 2.29. The SMILES string of the molecule is Cc1ccc(C[C@H](CNC(=O)c2cnn(C)c2C)C(=O)O)cc1. The van der Waals surface area contributed by atoms with Crippen LogP contribution in [0.15, 0.2) is 30.5 Å². The van der Waals surface area contributed by atoms with Gasteiger partial charge in [0.2, 0.25) is 0 Å². The summed E-state index contributed by atoms with van der Waals surface area (Å²) in [7, 11) is 1.75. The van der Waals surface area contributed by atoms with Crippen LogP contribution >= 0.6 is 0 Å². The van der Waals surface area contributed by atoms with E-state index in [0.717, 1.165) is 16.8 Å². The van der Waals surface area contributed by atoms with Gasteiger partial charge in [0.05, 0.1) is 17.7 Å². The summed E-state index contributed by atoms with van der Waals surface area (Å²) in [5, 5.41) is 16.1. The molecule has 0 unspecified atom stereocenters. The second-order valence-corrected chi connectivity index (χ2v) is 5.70. The zero-order chi connectivity index (χ0) is 17.0. The van der Waals surface area contributed by atoms with E-state index in [1.165, 1.54) is 6.20 Å². The molecule has 0 aliphatic carbocycles. The lowest BCUT2D eigenvalue weighted by molar-refractivity contribution is -0.141. The van der Waals surface area contributed by atoms with E-state index in [2.05, 4.69) is 10.4 Å². The van der Waals surface area contributed by atoms with Crippen LogP contribution in [0, 0.1) is 19.8 Å². The van der Waals surface area contributed by atoms with Gasteiger partial charge in [-0.25, -0.2) is 0 Å². The molecule has 0 saturated heterocycles. The van der Waals surface area contributed by atoms with Gasteiger partial charge in [-0.2, -0.15) is 5.10 Å². The summed E-state index contributed by atoms with van der Waals surface area (Å²) in [4.78, 5) is 23.6. The number of amides is 1. The number of rotatable bonds is 6. The molecule has 0 radical (unpaired) electrons. The van der Waals surface area contributed by atoms with Gasteiger partial charge in [-0.05, 0) is 25.8 Å². The lowest BCUT2D eigenvalue weighted by atomic mass is 9.98. The third-order valence-electron chi connectivity index (χ3n) is 3.94. The summed E-state index contributed by atoms with van der Waals surface area (Å²) < 4.78 is 1.61. The van der Waals surface area contributed by atoms with Crippen molar-refractivity contribution >= 4 is 11.9 Å². The van der Waals surface area contributed by atoms with E-state index in [4.69, 9.17) is 0 Å². The maximum absolute atomic E-state index is 12.1. The first kappa shape index (κ1) is 16.7. The Balaban J connectivity index is 2.00. The van der Waals surface area contributed by atoms with Crippen LogP contribution in [0.2, 0.25) is 0 Å². The highest BCUT2D eigenvalue weighted by Crippen LogP contribution is 2.11. The molecule has 1 heterocycles. The van der Waals surface area contributed by atoms with E-state index in [9.17, 15) is 14.7 Å². The fourth-order valence-electron chi connectivity index (χ4n) is 2.29. The van der Waals surface area contributed by atoms with Gasteiger partial charge in [-0.15, -0.1) is 0 Å². The molecule has 0 bridgehead atoms. The van der Waals surface area contributed by atoms with Gasteiger partial charge in [0.1, 0.15) is 0 Å². The van der Waals surface area contributed by atoms with Crippen LogP contribution in [0.1, 0.15) is 27.2 Å². The highest BCUT2D eigenvalue weighted by Gasteiger charge is 2.20. The summed E-state index contributed by atoms with van der Waals surface area (Å²) in [6.07, 6.45) is 1.86. The first-order valence-corrected chi connectivity index (χ1v) is 7.43. The quantitative estimate of drug-likeness (QED) is 0.850. The zero-order valence-corrected chi connectivity index (χ0v) is 13.5. The third kappa shape index (κ3) is 4.18. The molecule has 0 fully saturated rings. The number of nitrogens with zero attached hydrogens (tertiary/aromatic N) is 2. The van der Waals surface area contributed by atoms with Crippen LogP contribution in [0.4, 0.5) is 0 Å². The Labute approximate surface area is 135 Å². The zero-order valence-electron chi connectivity index (χ0n) is 13.5. The van der Waals surface area contributed by atoms with Crippen LogP contribution in [-0.4, -0.2) is 33.3 Å². The van der Waals surface area contributed by atoms with Crippen LogP contribution in [-0.2, 0) is 18.3 Å². The van der Waals surface area contributed by atoms with Gasteiger partial charge in [-0.3, -0.25) is 14.3 Å². The summed E-state index contributed by atoms with van der Waals surface area (Å²) in [6, 6.07) is 7.73. The predicted octanol–water partition coefficient (Wildman–Crippen LogP) is 1.71. The van der Waals surface area contributed by atoms with Crippen molar-refractivity contribution in [2.75, 3.05) is 6.54 Å². The number of aliphatic carboxylic acids is 1. The van der Waals surface area contributed by atoms with Crippen molar-refractivity contribution in [2.24, 2.45) is 13.0 Å². The minimum absolute atomic E-state index is 0.0797. The number of hydrogen-bond donors (Lipinski definition) is 2. The number of aromatic nitrogens is 2. The lowest BCUT2D eigenvalue weighted by Crippen LogP contribution is -2.34. The average molecular weight is 315 g/mol. The molecular formula is C17H21N3O3. The van der Waals surface area contributed by atoms with Gasteiger partial charge < -0.3 is 10.4 Å². The molecule has 2 N–H and O–H groups in total. The molecule has 0 saturated carbocycles. The van der Waals surface area contributed by atoms with E-state index < -0.39 is 11.9 Å². The summed E-state index contributed by atoms with van der Waals surface area (Å²) in [5.74, 6) is -1.89. The molecule has 23 heavy (non-hydrogen) atoms. The van der Waals surface area contributed by atoms with Gasteiger partial charge >= 0.3 is 5.97 Å². The maximum atomic E-state index is 12.1. The molecule has 1 amide bonds. The van der Waals surface area contributed by atoms with Gasteiger partial charge in [0, 0.05) is 19.3 Å². The van der Waals surface area contributed by atoms with Crippen molar-refractivity contribution in [1.29, 1.82) is 0 Å². The lowest BCUT2D eigenvalue weighted by Gasteiger charge is -2.13. The Hall–Kier alpha value is -2.63. The summed E-state index contributed by atoms with van der Waals surface area (Å²) in [6.45, 7) is 3.86. The number of carbonyl (C=O) groups is 2. The number of carboxylic acids is 1. The first-order valence-electron chi connectivity index (χ1n) is 7.43. The van der Waals surface area contributed by atoms with E-state index in [0.29, 0.717) is 12.0 Å². The highest BCUT2D eigenvalue weighted by atomic mass is 16.4. The molecule has 0 aliphatic heterocycles. The standard InChI is InChI=1S/C17H21N3O3/c1-11-4-6-13(7-5-11)8-14(17(22)23)9-18-16(21)15-10-19-20(3)12(15)2/h4-7,10,14H,8-9H2,1-3H3,(H,18,21)(H,22,23)/t14-/m1/s1. The number of nitrogens with one attached hydrogen (secondary N) is 1. The molecule has 0 aliphatic rings. The van der Waals surface area contributed by atoms with E-state index >= 15 is 0 Å². The van der Waals surface area contributed by atoms with Gasteiger partial charge in [-0.1, -0.05) is 29.8 Å². The molecule has 6 heteroatoms. The largest absolute Gasteiger partial charge is 0.481 e. The summed E-state index contributed by atoms with van der Waals surface area (Å²) in [5.41, 5.74) is 3.27. The first-order chi connectivity index (χ1) is 10.9. The number of carbonyl (C=O) groups excluding carboxylic acids is 1. The van der Waals surface area contributed by atoms with Crippen molar-refractivity contribution in [3.05, 3.63) is 52.8 Å². The maximum Gasteiger partial charge on any atom is 0.308 e. The monoisotopic (exact) mass is 315 g/mol. The number of aryl methyl sites for hydroxylation is 2. The molecule has 2 rings (SSSR count). The van der Waals surface area contributed by atoms with Crippen LogP contribution < -0.4 is 5.32 Å². The van der Waals surface area contributed by atoms with Crippen molar-refractivity contribution in [2.45, 2.75) is 20.3 Å². The minimum atomic E-state index is -0.922. The second kappa shape index (κ2) is 7.09. The number of benzene rings is 1. The highest BCUT2D eigenvalue weighted by molar-refractivity contribution is 5.95. The Morgan fingerprint density at radius 3 is 2.43 bits per heavy atom. The fraction of sp³-hybridized carbons (Fsp3) is 0.353. The Morgan fingerprint density at radius 1 is 1.26 bits per heavy atom. The number of hydrogen-bond acceptors (Lipinski definition) is 3. The molecule has 122 valence electrons. The molecule has 6 nitrogen and oxygen atoms in total. The number of carboxylic acid groups (broad SMARTS) is 1. The van der Waals surface area contributed by atoms with Crippen LogP contribution in [0.25, 0.3) is 0 Å². The normalized spacial score (nSPS) is 12.0. The van der Waals surface area contributed by atoms with E-state index in [1.54, 1.807) is 18.7 Å². The van der Waals surface area contributed by atoms with E-state index in [-0.39, 0.29) is 12.5 Å². The third-order valence-corrected chi connectivity index (χ3v) is 3.94. The topological polar surface area (TPSA) is 84.2 Å². The van der Waals surface area contributed by atoms with Crippen molar-refractivity contribution in [1.82, 2.24) is 15.1 Å². The molecule has 1 aromatic heterocycles.